The molecule has 1 aliphatic heterocycles. The molecule has 2 atom stereocenters. The molecular formula is C13H22N2S. The SMILES string of the molecule is CCC(CC)C(C#N)N1CCC(C)CC1=S. The lowest BCUT2D eigenvalue weighted by Gasteiger charge is -2.38. The minimum atomic E-state index is -0.00463. The number of nitrogens with zero attached hydrogens (tertiary/aromatic N) is 2. The van der Waals surface area contributed by atoms with Crippen LogP contribution in [0.4, 0.5) is 0 Å². The van der Waals surface area contributed by atoms with Crippen LogP contribution in [0.5, 0.6) is 0 Å². The molecule has 1 rings (SSSR count). The van der Waals surface area contributed by atoms with E-state index in [2.05, 4.69) is 31.7 Å². The minimum absolute atomic E-state index is 0.00463. The first-order chi connectivity index (χ1) is 7.63. The lowest BCUT2D eigenvalue weighted by molar-refractivity contribution is 0.231. The van der Waals surface area contributed by atoms with Crippen molar-refractivity contribution in [1.29, 1.82) is 5.26 Å². The Morgan fingerprint density at radius 3 is 2.56 bits per heavy atom. The number of piperidine rings is 1. The molecule has 1 saturated heterocycles. The molecule has 0 aromatic heterocycles. The van der Waals surface area contributed by atoms with Gasteiger partial charge >= 0.3 is 0 Å². The molecule has 0 saturated carbocycles. The third-order valence-electron chi connectivity index (χ3n) is 3.67. The third kappa shape index (κ3) is 2.95. The molecule has 3 heteroatoms. The lowest BCUT2D eigenvalue weighted by Crippen LogP contribution is -2.46. The predicted molar refractivity (Wildman–Crippen MR) is 71.2 cm³/mol. The van der Waals surface area contributed by atoms with Gasteiger partial charge in [0.2, 0.25) is 0 Å². The number of thiocarbonyl (C=S) groups is 1. The van der Waals surface area contributed by atoms with Gasteiger partial charge in [0.1, 0.15) is 6.04 Å². The molecule has 0 N–H and O–H groups in total. The maximum Gasteiger partial charge on any atom is 0.120 e. The molecule has 0 bridgehead atoms. The van der Waals surface area contributed by atoms with Crippen molar-refractivity contribution in [2.45, 2.75) is 52.5 Å². The molecule has 1 fully saturated rings. The minimum Gasteiger partial charge on any atom is -0.350 e. The number of rotatable bonds is 4. The topological polar surface area (TPSA) is 27.0 Å². The predicted octanol–water partition coefficient (Wildman–Crippen LogP) is 3.37. The van der Waals surface area contributed by atoms with E-state index in [0.717, 1.165) is 30.8 Å². The highest BCUT2D eigenvalue weighted by Gasteiger charge is 2.30. The van der Waals surface area contributed by atoms with Crippen LogP contribution in [-0.4, -0.2) is 22.5 Å². The van der Waals surface area contributed by atoms with Gasteiger partial charge in [-0.3, -0.25) is 0 Å². The Balaban J connectivity index is 2.73. The van der Waals surface area contributed by atoms with E-state index >= 15 is 0 Å². The average Bonchev–Trinajstić information content (AvgIpc) is 2.27. The van der Waals surface area contributed by atoms with Crippen LogP contribution >= 0.6 is 12.2 Å². The Kier molecular flexibility index (Phi) is 5.21. The van der Waals surface area contributed by atoms with E-state index in [1.807, 2.05) is 0 Å². The van der Waals surface area contributed by atoms with E-state index in [-0.39, 0.29) is 6.04 Å². The fourth-order valence-electron chi connectivity index (χ4n) is 2.46. The zero-order valence-corrected chi connectivity index (χ0v) is 11.4. The van der Waals surface area contributed by atoms with Crippen molar-refractivity contribution in [3.8, 4) is 6.07 Å². The number of hydrogen-bond donors (Lipinski definition) is 0. The summed E-state index contributed by atoms with van der Waals surface area (Å²) < 4.78 is 0. The van der Waals surface area contributed by atoms with Gasteiger partial charge in [0.05, 0.1) is 11.1 Å². The van der Waals surface area contributed by atoms with Crippen LogP contribution in [0.2, 0.25) is 0 Å². The van der Waals surface area contributed by atoms with Crippen LogP contribution in [0.3, 0.4) is 0 Å². The molecule has 1 heterocycles. The standard InChI is InChI=1S/C13H22N2S/c1-4-11(5-2)12(9-14)15-7-6-10(3)8-13(15)16/h10-12H,4-8H2,1-3H3. The Labute approximate surface area is 105 Å². The normalized spacial score (nSPS) is 23.3. The van der Waals surface area contributed by atoms with E-state index in [1.54, 1.807) is 0 Å². The lowest BCUT2D eigenvalue weighted by atomic mass is 9.90. The van der Waals surface area contributed by atoms with Crippen molar-refractivity contribution >= 4 is 17.2 Å². The largest absolute Gasteiger partial charge is 0.350 e. The molecule has 2 unspecified atom stereocenters. The van der Waals surface area contributed by atoms with Gasteiger partial charge in [0, 0.05) is 13.0 Å². The van der Waals surface area contributed by atoms with Gasteiger partial charge in [-0.2, -0.15) is 5.26 Å². The average molecular weight is 238 g/mol. The van der Waals surface area contributed by atoms with Crippen LogP contribution in [0, 0.1) is 23.2 Å². The quantitative estimate of drug-likeness (QED) is 0.703. The zero-order valence-electron chi connectivity index (χ0n) is 10.6. The first-order valence-corrected chi connectivity index (χ1v) is 6.73. The molecule has 0 spiro atoms. The molecule has 1 aliphatic rings. The van der Waals surface area contributed by atoms with Crippen molar-refractivity contribution in [1.82, 2.24) is 4.90 Å². The maximum absolute atomic E-state index is 9.34. The first kappa shape index (κ1) is 13.4. The summed E-state index contributed by atoms with van der Waals surface area (Å²) >= 11 is 5.44. The van der Waals surface area contributed by atoms with Crippen LogP contribution in [0.25, 0.3) is 0 Å². The van der Waals surface area contributed by atoms with Crippen molar-refractivity contribution in [3.05, 3.63) is 0 Å². The van der Waals surface area contributed by atoms with E-state index in [9.17, 15) is 5.26 Å². The van der Waals surface area contributed by atoms with E-state index < -0.39 is 0 Å². The van der Waals surface area contributed by atoms with E-state index in [0.29, 0.717) is 11.8 Å². The van der Waals surface area contributed by atoms with Gasteiger partial charge in [-0.25, -0.2) is 0 Å². The smallest absolute Gasteiger partial charge is 0.120 e. The molecule has 16 heavy (non-hydrogen) atoms. The van der Waals surface area contributed by atoms with Gasteiger partial charge in [-0.15, -0.1) is 0 Å². The van der Waals surface area contributed by atoms with Crippen LogP contribution in [-0.2, 0) is 0 Å². The van der Waals surface area contributed by atoms with Crippen molar-refractivity contribution in [2.24, 2.45) is 11.8 Å². The fraction of sp³-hybridized carbons (Fsp3) is 0.846. The summed E-state index contributed by atoms with van der Waals surface area (Å²) in [7, 11) is 0. The van der Waals surface area contributed by atoms with Gasteiger partial charge < -0.3 is 4.90 Å². The van der Waals surface area contributed by atoms with Gasteiger partial charge in [-0.1, -0.05) is 45.8 Å². The highest BCUT2D eigenvalue weighted by molar-refractivity contribution is 7.80. The molecule has 0 radical (unpaired) electrons. The Bertz CT molecular complexity index is 278. The molecule has 0 aliphatic carbocycles. The second-order valence-electron chi connectivity index (χ2n) is 4.84. The van der Waals surface area contributed by atoms with Gasteiger partial charge in [0.25, 0.3) is 0 Å². The summed E-state index contributed by atoms with van der Waals surface area (Å²) in [4.78, 5) is 3.17. The molecule has 0 aromatic carbocycles. The van der Waals surface area contributed by atoms with Crippen LogP contribution in [0.1, 0.15) is 46.5 Å². The number of hydrogen-bond acceptors (Lipinski definition) is 2. The summed E-state index contributed by atoms with van der Waals surface area (Å²) in [5.41, 5.74) is 0. The van der Waals surface area contributed by atoms with Crippen molar-refractivity contribution < 1.29 is 0 Å². The van der Waals surface area contributed by atoms with E-state index in [4.69, 9.17) is 12.2 Å². The maximum atomic E-state index is 9.34. The molecular weight excluding hydrogens is 216 g/mol. The molecule has 0 amide bonds. The summed E-state index contributed by atoms with van der Waals surface area (Å²) in [6.45, 7) is 7.53. The monoisotopic (exact) mass is 238 g/mol. The Morgan fingerprint density at radius 1 is 1.50 bits per heavy atom. The molecule has 90 valence electrons. The Morgan fingerprint density at radius 2 is 2.12 bits per heavy atom. The molecule has 0 aromatic rings. The van der Waals surface area contributed by atoms with Gasteiger partial charge in [-0.05, 0) is 18.3 Å². The first-order valence-electron chi connectivity index (χ1n) is 6.33. The zero-order chi connectivity index (χ0) is 12.1. The third-order valence-corrected chi connectivity index (χ3v) is 4.07. The van der Waals surface area contributed by atoms with Gasteiger partial charge in [0.15, 0.2) is 0 Å². The Hall–Kier alpha value is -0.620. The number of likely N-dealkylation sites (tertiary alicyclic amines) is 1. The van der Waals surface area contributed by atoms with Crippen molar-refractivity contribution in [2.75, 3.05) is 6.54 Å². The van der Waals surface area contributed by atoms with E-state index in [1.165, 1.54) is 6.42 Å². The second-order valence-corrected chi connectivity index (χ2v) is 5.31. The fourth-order valence-corrected chi connectivity index (χ4v) is 2.95. The molecule has 2 nitrogen and oxygen atoms in total. The summed E-state index contributed by atoms with van der Waals surface area (Å²) in [6, 6.07) is 2.45. The summed E-state index contributed by atoms with van der Waals surface area (Å²) in [5, 5.41) is 9.34. The highest BCUT2D eigenvalue weighted by atomic mass is 32.1. The van der Waals surface area contributed by atoms with Crippen LogP contribution in [0.15, 0.2) is 0 Å². The van der Waals surface area contributed by atoms with Crippen molar-refractivity contribution in [3.63, 3.8) is 0 Å². The number of nitriles is 1. The summed E-state index contributed by atoms with van der Waals surface area (Å²) in [5.74, 6) is 1.14. The highest BCUT2D eigenvalue weighted by Crippen LogP contribution is 2.26. The van der Waals surface area contributed by atoms with Crippen LogP contribution < -0.4 is 0 Å². The second kappa shape index (κ2) is 6.20. The summed E-state index contributed by atoms with van der Waals surface area (Å²) in [6.07, 6.45) is 4.26.